The topological polar surface area (TPSA) is 15.3 Å². The zero-order valence-corrected chi connectivity index (χ0v) is 10.9. The number of nitrogens with zero attached hydrogens (tertiary/aromatic N) is 1. The van der Waals surface area contributed by atoms with Gasteiger partial charge in [-0.2, -0.15) is 0 Å². The Kier molecular flexibility index (Phi) is 4.43. The van der Waals surface area contributed by atoms with Crippen molar-refractivity contribution in [3.05, 3.63) is 0 Å². The number of nitrogens with one attached hydrogen (secondary N) is 1. The normalized spacial score (nSPS) is 12.9. The van der Waals surface area contributed by atoms with E-state index in [0.717, 1.165) is 10.4 Å². The Morgan fingerprint density at radius 1 is 1.30 bits per heavy atom. The van der Waals surface area contributed by atoms with E-state index in [1.54, 1.807) is 0 Å². The molecule has 62 valence electrons. The quantitative estimate of drug-likeness (QED) is 0.602. The van der Waals surface area contributed by atoms with E-state index in [-0.39, 0.29) is 0 Å². The van der Waals surface area contributed by atoms with Gasteiger partial charge in [0.05, 0.1) is 10.4 Å². The molecule has 1 N–H and O–H groups in total. The van der Waals surface area contributed by atoms with Crippen LogP contribution in [-0.2, 0) is 0 Å². The maximum Gasteiger partial charge on any atom is 0.190 e. The molecule has 0 fully saturated rings. The van der Waals surface area contributed by atoms with Crippen molar-refractivity contribution in [1.29, 1.82) is 0 Å². The second-order valence-electron chi connectivity index (χ2n) is 2.98. The molecule has 0 bridgehead atoms. The standard InChI is InChI=1S/C6H20N2Si2/c1-5-8(6-2)10(3,4)7-9/h7H,5-6H2,1-4,9H3. The van der Waals surface area contributed by atoms with Gasteiger partial charge in [-0.15, -0.1) is 0 Å². The molecular formula is C6H20N2Si2. The molecule has 0 heterocycles. The Balaban J connectivity index is 3.97. The highest BCUT2D eigenvalue weighted by molar-refractivity contribution is 6.76. The van der Waals surface area contributed by atoms with Crippen LogP contribution in [0.5, 0.6) is 0 Å². The van der Waals surface area contributed by atoms with Crippen molar-refractivity contribution in [1.82, 2.24) is 9.21 Å². The molecule has 0 unspecified atom stereocenters. The smallest absolute Gasteiger partial charge is 0.190 e. The molecule has 0 amide bonds. The lowest BCUT2D eigenvalue weighted by Crippen LogP contribution is -2.58. The fourth-order valence-corrected chi connectivity index (χ4v) is 4.02. The summed E-state index contributed by atoms with van der Waals surface area (Å²) in [7, 11) is -0.0372. The lowest BCUT2D eigenvalue weighted by Gasteiger charge is -2.34. The predicted molar refractivity (Wildman–Crippen MR) is 53.5 cm³/mol. The van der Waals surface area contributed by atoms with Crippen molar-refractivity contribution in [2.24, 2.45) is 0 Å². The van der Waals surface area contributed by atoms with Crippen LogP contribution in [-0.4, -0.2) is 36.5 Å². The van der Waals surface area contributed by atoms with E-state index in [1.165, 1.54) is 13.1 Å². The first-order chi connectivity index (χ1) is 4.58. The molecule has 0 aliphatic heterocycles. The lowest BCUT2D eigenvalue weighted by molar-refractivity contribution is 0.463. The SMILES string of the molecule is CCN(CC)[Si](C)(C)N[SiH3]. The first kappa shape index (κ1) is 10.4. The first-order valence-electron chi connectivity index (χ1n) is 4.02. The summed E-state index contributed by atoms with van der Waals surface area (Å²) in [5, 5.41) is 0. The van der Waals surface area contributed by atoms with Crippen LogP contribution >= 0.6 is 0 Å². The zero-order chi connectivity index (χ0) is 8.20. The van der Waals surface area contributed by atoms with Crippen LogP contribution in [0.2, 0.25) is 13.1 Å². The molecule has 0 radical (unpaired) electrons. The van der Waals surface area contributed by atoms with Gasteiger partial charge >= 0.3 is 0 Å². The monoisotopic (exact) mass is 176 g/mol. The molecule has 0 spiro atoms. The highest BCUT2D eigenvalue weighted by Crippen LogP contribution is 2.03. The molecule has 0 aliphatic rings. The minimum absolute atomic E-state index is 1.12. The molecule has 0 saturated heterocycles. The second kappa shape index (κ2) is 4.28. The van der Waals surface area contributed by atoms with Crippen LogP contribution in [0.4, 0.5) is 0 Å². The molecule has 2 nitrogen and oxygen atoms in total. The molecule has 0 aromatic carbocycles. The van der Waals surface area contributed by atoms with Crippen LogP contribution in [0.15, 0.2) is 0 Å². The third kappa shape index (κ3) is 2.53. The summed E-state index contributed by atoms with van der Waals surface area (Å²) in [5.74, 6) is 0. The summed E-state index contributed by atoms with van der Waals surface area (Å²) in [5.41, 5.74) is 0. The number of hydrogen-bond donors (Lipinski definition) is 1. The molecule has 0 rings (SSSR count). The van der Waals surface area contributed by atoms with Crippen molar-refractivity contribution in [3.8, 4) is 0 Å². The molecule has 10 heavy (non-hydrogen) atoms. The molecule has 0 aromatic rings. The second-order valence-corrected chi connectivity index (χ2v) is 8.73. The highest BCUT2D eigenvalue weighted by Gasteiger charge is 2.24. The summed E-state index contributed by atoms with van der Waals surface area (Å²) in [6, 6.07) is 0. The van der Waals surface area contributed by atoms with Gasteiger partial charge in [0.2, 0.25) is 0 Å². The molecule has 0 saturated carbocycles. The van der Waals surface area contributed by atoms with E-state index >= 15 is 0 Å². The average molecular weight is 176 g/mol. The van der Waals surface area contributed by atoms with Crippen molar-refractivity contribution >= 4 is 18.8 Å². The maximum absolute atomic E-state index is 3.55. The third-order valence-electron chi connectivity index (χ3n) is 2.17. The van der Waals surface area contributed by atoms with E-state index in [9.17, 15) is 0 Å². The Morgan fingerprint density at radius 2 is 1.70 bits per heavy atom. The number of hydrogen-bond acceptors (Lipinski definition) is 2. The Bertz CT molecular complexity index is 91.7. The van der Waals surface area contributed by atoms with Gasteiger partial charge in [-0.05, 0) is 26.2 Å². The molecule has 0 aromatic heterocycles. The van der Waals surface area contributed by atoms with Crippen molar-refractivity contribution in [2.75, 3.05) is 13.1 Å². The average Bonchev–Trinajstić information content (AvgIpc) is 1.90. The van der Waals surface area contributed by atoms with Gasteiger partial charge in [0, 0.05) is 0 Å². The fraction of sp³-hybridized carbons (Fsp3) is 1.00. The fourth-order valence-electron chi connectivity index (χ4n) is 1.17. The van der Waals surface area contributed by atoms with Gasteiger partial charge in [0.15, 0.2) is 8.40 Å². The summed E-state index contributed by atoms with van der Waals surface area (Å²) >= 11 is 0. The van der Waals surface area contributed by atoms with Crippen LogP contribution < -0.4 is 4.65 Å². The Labute approximate surface area is 68.7 Å². The van der Waals surface area contributed by atoms with Gasteiger partial charge in [0.1, 0.15) is 0 Å². The number of rotatable bonds is 4. The summed E-state index contributed by atoms with van der Waals surface area (Å²) < 4.78 is 6.10. The van der Waals surface area contributed by atoms with Gasteiger partial charge in [-0.25, -0.2) is 0 Å². The van der Waals surface area contributed by atoms with E-state index in [1.807, 2.05) is 0 Å². The molecule has 0 atom stereocenters. The van der Waals surface area contributed by atoms with Crippen molar-refractivity contribution < 1.29 is 0 Å². The highest BCUT2D eigenvalue weighted by atomic mass is 28.4. The minimum Gasteiger partial charge on any atom is -0.355 e. The lowest BCUT2D eigenvalue weighted by atomic mass is 10.7. The summed E-state index contributed by atoms with van der Waals surface area (Å²) in [6.07, 6.45) is 0. The zero-order valence-electron chi connectivity index (χ0n) is 7.86. The maximum atomic E-state index is 3.55. The van der Waals surface area contributed by atoms with Crippen LogP contribution in [0, 0.1) is 0 Å². The molecule has 4 heteroatoms. The van der Waals surface area contributed by atoms with Crippen LogP contribution in [0.1, 0.15) is 13.8 Å². The molecular weight excluding hydrogens is 156 g/mol. The van der Waals surface area contributed by atoms with Crippen molar-refractivity contribution in [2.45, 2.75) is 26.9 Å². The summed E-state index contributed by atoms with van der Waals surface area (Å²) in [6.45, 7) is 11.6. The summed E-state index contributed by atoms with van der Waals surface area (Å²) in [4.78, 5) is 0. The minimum atomic E-state index is -1.16. The van der Waals surface area contributed by atoms with E-state index in [0.29, 0.717) is 0 Å². The molecule has 0 aliphatic carbocycles. The van der Waals surface area contributed by atoms with Gasteiger partial charge in [0.25, 0.3) is 0 Å². The largest absolute Gasteiger partial charge is 0.355 e. The van der Waals surface area contributed by atoms with Crippen LogP contribution in [0.3, 0.4) is 0 Å². The Hall–Kier alpha value is 0.354. The predicted octanol–water partition coefficient (Wildman–Crippen LogP) is -0.100. The van der Waals surface area contributed by atoms with Gasteiger partial charge in [-0.1, -0.05) is 13.8 Å². The van der Waals surface area contributed by atoms with E-state index < -0.39 is 8.40 Å². The van der Waals surface area contributed by atoms with Crippen molar-refractivity contribution in [3.63, 3.8) is 0 Å². The van der Waals surface area contributed by atoms with Crippen LogP contribution in [0.25, 0.3) is 0 Å². The van der Waals surface area contributed by atoms with Gasteiger partial charge in [-0.3, -0.25) is 0 Å². The third-order valence-corrected chi connectivity index (χ3v) is 9.27. The van der Waals surface area contributed by atoms with Gasteiger partial charge < -0.3 is 9.21 Å². The van der Waals surface area contributed by atoms with E-state index in [2.05, 4.69) is 36.2 Å². The van der Waals surface area contributed by atoms with E-state index in [4.69, 9.17) is 0 Å². The Morgan fingerprint density at radius 3 is 1.80 bits per heavy atom. The first-order valence-corrected chi connectivity index (χ1v) is 7.97.